The minimum absolute atomic E-state index is 0.151. The number of Topliss-reactive ketones (excluding diaryl/α,β-unsaturated/α-hetero) is 2. The third-order valence-corrected chi connectivity index (χ3v) is 6.46. The van der Waals surface area contributed by atoms with E-state index in [-0.39, 0.29) is 17.4 Å². The van der Waals surface area contributed by atoms with Gasteiger partial charge in [-0.15, -0.1) is 0 Å². The van der Waals surface area contributed by atoms with Crippen LogP contribution < -0.4 is 0 Å². The van der Waals surface area contributed by atoms with Crippen LogP contribution in [-0.4, -0.2) is 47.5 Å². The van der Waals surface area contributed by atoms with Crippen molar-refractivity contribution in [2.24, 2.45) is 0 Å². The Morgan fingerprint density at radius 2 is 1.26 bits per heavy atom. The lowest BCUT2D eigenvalue weighted by Crippen LogP contribution is -2.60. The van der Waals surface area contributed by atoms with Gasteiger partial charge in [0, 0.05) is 49.4 Å². The third-order valence-electron chi connectivity index (χ3n) is 6.46. The summed E-state index contributed by atoms with van der Waals surface area (Å²) >= 11 is 0. The number of hydrogen-bond donors (Lipinski definition) is 0. The van der Waals surface area contributed by atoms with Crippen LogP contribution in [-0.2, 0) is 12.1 Å². The number of rotatable bonds is 4. The van der Waals surface area contributed by atoms with Crippen LogP contribution in [0.5, 0.6) is 0 Å². The molecular weight excluding hydrogens is 391 g/mol. The van der Waals surface area contributed by atoms with E-state index in [1.54, 1.807) is 36.4 Å². The molecule has 1 aliphatic heterocycles. The van der Waals surface area contributed by atoms with Gasteiger partial charge in [0.25, 0.3) is 0 Å². The van der Waals surface area contributed by atoms with Crippen LogP contribution in [0.3, 0.4) is 0 Å². The highest BCUT2D eigenvalue weighted by molar-refractivity contribution is 6.32. The van der Waals surface area contributed by atoms with Crippen molar-refractivity contribution in [2.45, 2.75) is 12.1 Å². The van der Waals surface area contributed by atoms with Gasteiger partial charge in [0.15, 0.2) is 17.1 Å². The second-order valence-electron chi connectivity index (χ2n) is 8.13. The molecule has 0 saturated carbocycles. The van der Waals surface area contributed by atoms with Gasteiger partial charge >= 0.3 is 0 Å². The molecule has 0 radical (unpaired) electrons. The molecule has 1 saturated heterocycles. The number of piperazine rings is 1. The standard InChI is InChI=1S/C26H23FN2O2/c27-23-13-7-4-8-19(23)18-28-14-16-29(17-15-28)26(20-9-2-1-3-10-20)24(30)21-11-5-6-12-22(21)25(26)31/h1-13H,14-18H2. The zero-order chi connectivity index (χ0) is 21.4. The molecule has 1 aliphatic carbocycles. The molecular formula is C26H23FN2O2. The van der Waals surface area contributed by atoms with Gasteiger partial charge in [0.2, 0.25) is 0 Å². The summed E-state index contributed by atoms with van der Waals surface area (Å²) in [6, 6.07) is 23.3. The molecule has 1 fully saturated rings. The van der Waals surface area contributed by atoms with Gasteiger partial charge in [0.1, 0.15) is 5.82 Å². The molecule has 0 bridgehead atoms. The predicted octanol–water partition coefficient (Wildman–Crippen LogP) is 3.92. The molecule has 0 amide bonds. The fraction of sp³-hybridized carbons (Fsp3) is 0.231. The summed E-state index contributed by atoms with van der Waals surface area (Å²) in [6.07, 6.45) is 0. The van der Waals surface area contributed by atoms with Gasteiger partial charge in [-0.05, 0) is 11.6 Å². The lowest BCUT2D eigenvalue weighted by atomic mass is 9.82. The van der Waals surface area contributed by atoms with Crippen molar-refractivity contribution in [2.75, 3.05) is 26.2 Å². The summed E-state index contributed by atoms with van der Waals surface area (Å²) in [5.74, 6) is -0.508. The molecule has 0 N–H and O–H groups in total. The molecule has 0 unspecified atom stereocenters. The minimum Gasteiger partial charge on any atom is -0.296 e. The van der Waals surface area contributed by atoms with Crippen molar-refractivity contribution in [3.8, 4) is 0 Å². The number of benzene rings is 3. The van der Waals surface area contributed by atoms with Crippen LogP contribution >= 0.6 is 0 Å². The van der Waals surface area contributed by atoms with Crippen LogP contribution in [0.15, 0.2) is 78.9 Å². The number of fused-ring (bicyclic) bond motifs is 1. The summed E-state index contributed by atoms with van der Waals surface area (Å²) in [7, 11) is 0. The van der Waals surface area contributed by atoms with Crippen molar-refractivity contribution < 1.29 is 14.0 Å². The SMILES string of the molecule is O=C1c2ccccc2C(=O)C1(c1ccccc1)N1CCN(Cc2ccccc2F)CC1. The van der Waals surface area contributed by atoms with Crippen molar-refractivity contribution in [3.05, 3.63) is 107 Å². The number of ketones is 2. The topological polar surface area (TPSA) is 40.6 Å². The van der Waals surface area contributed by atoms with Crippen molar-refractivity contribution >= 4 is 11.6 Å². The molecule has 3 aromatic carbocycles. The maximum Gasteiger partial charge on any atom is 0.196 e. The molecule has 0 atom stereocenters. The highest BCUT2D eigenvalue weighted by Gasteiger charge is 2.58. The first-order valence-corrected chi connectivity index (χ1v) is 10.6. The first kappa shape index (κ1) is 19.8. The fourth-order valence-electron chi connectivity index (χ4n) is 4.89. The van der Waals surface area contributed by atoms with E-state index < -0.39 is 5.54 Å². The van der Waals surface area contributed by atoms with E-state index in [4.69, 9.17) is 0 Å². The van der Waals surface area contributed by atoms with E-state index in [1.165, 1.54) is 6.07 Å². The Kier molecular flexibility index (Phi) is 5.00. The molecule has 1 heterocycles. The number of nitrogens with zero attached hydrogens (tertiary/aromatic N) is 2. The Balaban J connectivity index is 1.46. The summed E-state index contributed by atoms with van der Waals surface area (Å²) in [6.45, 7) is 2.92. The number of halogens is 1. The van der Waals surface area contributed by atoms with Gasteiger partial charge in [-0.25, -0.2) is 4.39 Å². The van der Waals surface area contributed by atoms with E-state index in [2.05, 4.69) is 4.90 Å². The smallest absolute Gasteiger partial charge is 0.196 e. The monoisotopic (exact) mass is 414 g/mol. The van der Waals surface area contributed by atoms with E-state index in [1.807, 2.05) is 41.3 Å². The molecule has 5 heteroatoms. The number of carbonyl (C=O) groups is 2. The lowest BCUT2D eigenvalue weighted by Gasteiger charge is -2.44. The van der Waals surface area contributed by atoms with Gasteiger partial charge in [-0.2, -0.15) is 0 Å². The van der Waals surface area contributed by atoms with Crippen LogP contribution in [0, 0.1) is 5.82 Å². The van der Waals surface area contributed by atoms with Gasteiger partial charge in [-0.1, -0.05) is 72.8 Å². The Labute approximate surface area is 180 Å². The molecule has 0 spiro atoms. The highest BCUT2D eigenvalue weighted by atomic mass is 19.1. The van der Waals surface area contributed by atoms with Crippen LogP contribution in [0.4, 0.5) is 4.39 Å². The van der Waals surface area contributed by atoms with Crippen molar-refractivity contribution in [1.29, 1.82) is 0 Å². The van der Waals surface area contributed by atoms with E-state index in [9.17, 15) is 14.0 Å². The molecule has 0 aromatic heterocycles. The summed E-state index contributed by atoms with van der Waals surface area (Å²) in [4.78, 5) is 31.6. The molecule has 4 nitrogen and oxygen atoms in total. The largest absolute Gasteiger partial charge is 0.296 e. The number of hydrogen-bond acceptors (Lipinski definition) is 4. The van der Waals surface area contributed by atoms with Crippen LogP contribution in [0.2, 0.25) is 0 Å². The molecule has 2 aliphatic rings. The van der Waals surface area contributed by atoms with Crippen molar-refractivity contribution in [1.82, 2.24) is 9.80 Å². The lowest BCUT2D eigenvalue weighted by molar-refractivity contribution is 0.0278. The van der Waals surface area contributed by atoms with E-state index in [0.717, 1.165) is 0 Å². The Morgan fingerprint density at radius 3 is 1.87 bits per heavy atom. The number of carbonyl (C=O) groups excluding carboxylic acids is 2. The Morgan fingerprint density at radius 1 is 0.710 bits per heavy atom. The Bertz CT molecular complexity index is 1100. The second-order valence-corrected chi connectivity index (χ2v) is 8.13. The predicted molar refractivity (Wildman–Crippen MR) is 116 cm³/mol. The van der Waals surface area contributed by atoms with Crippen LogP contribution in [0.25, 0.3) is 0 Å². The van der Waals surface area contributed by atoms with Gasteiger partial charge in [0.05, 0.1) is 0 Å². The molecule has 3 aromatic rings. The van der Waals surface area contributed by atoms with E-state index >= 15 is 0 Å². The Hall–Kier alpha value is -3.15. The van der Waals surface area contributed by atoms with Gasteiger partial charge in [-0.3, -0.25) is 19.4 Å². The first-order chi connectivity index (χ1) is 15.1. The van der Waals surface area contributed by atoms with Gasteiger partial charge < -0.3 is 0 Å². The highest BCUT2D eigenvalue weighted by Crippen LogP contribution is 2.42. The summed E-state index contributed by atoms with van der Waals surface area (Å²) < 4.78 is 14.1. The quantitative estimate of drug-likeness (QED) is 0.607. The average molecular weight is 414 g/mol. The minimum atomic E-state index is -1.32. The normalized spacial score (nSPS) is 18.9. The molecule has 31 heavy (non-hydrogen) atoms. The maximum atomic E-state index is 14.1. The summed E-state index contributed by atoms with van der Waals surface area (Å²) in [5.41, 5.74) is 1.03. The maximum absolute atomic E-state index is 14.1. The zero-order valence-corrected chi connectivity index (χ0v) is 17.1. The van der Waals surface area contributed by atoms with Crippen LogP contribution in [0.1, 0.15) is 31.8 Å². The first-order valence-electron chi connectivity index (χ1n) is 10.6. The zero-order valence-electron chi connectivity index (χ0n) is 17.1. The van der Waals surface area contributed by atoms with E-state index in [0.29, 0.717) is 55.0 Å². The second kappa shape index (κ2) is 7.84. The third kappa shape index (κ3) is 3.12. The fourth-order valence-corrected chi connectivity index (χ4v) is 4.89. The summed E-state index contributed by atoms with van der Waals surface area (Å²) in [5, 5.41) is 0. The molecule has 5 rings (SSSR count). The van der Waals surface area contributed by atoms with Crippen molar-refractivity contribution in [3.63, 3.8) is 0 Å². The average Bonchev–Trinajstić information content (AvgIpc) is 3.04. The molecule has 156 valence electrons.